The number of carbonyl (C=O) groups is 2. The van der Waals surface area contributed by atoms with Crippen LogP contribution in [0.4, 0.5) is 13.2 Å². The molecule has 0 radical (unpaired) electrons. The predicted octanol–water partition coefficient (Wildman–Crippen LogP) is -0.294. The van der Waals surface area contributed by atoms with Crippen molar-refractivity contribution in [2.24, 2.45) is 0 Å². The van der Waals surface area contributed by atoms with Gasteiger partial charge < -0.3 is 15.1 Å². The monoisotopic (exact) mass is 330 g/mol. The Hall–Kier alpha value is -2.09. The molecule has 1 heterocycles. The average Bonchev–Trinajstić information content (AvgIpc) is 2.53. The molecule has 0 atom stereocenters. The number of nitrogens with zero attached hydrogens (tertiary/aromatic N) is 1. The third-order valence-corrected chi connectivity index (χ3v) is 3.68. The zero-order valence-corrected chi connectivity index (χ0v) is 12.5. The first kappa shape index (κ1) is 17.3. The lowest BCUT2D eigenvalue weighted by atomic mass is 10.2. The van der Waals surface area contributed by atoms with Crippen molar-refractivity contribution >= 4 is 11.8 Å². The number of halogens is 3. The molecule has 1 aliphatic heterocycles. The SMILES string of the molecule is O=C(C[NH+]1CCN(C(=O)c2ccccc2)CC1)NCC(F)(F)F. The van der Waals surface area contributed by atoms with Gasteiger partial charge in [-0.25, -0.2) is 0 Å². The van der Waals surface area contributed by atoms with Crippen LogP contribution in [0.15, 0.2) is 30.3 Å². The summed E-state index contributed by atoms with van der Waals surface area (Å²) in [5.41, 5.74) is 0.610. The second kappa shape index (κ2) is 7.45. The molecule has 1 fully saturated rings. The lowest BCUT2D eigenvalue weighted by Gasteiger charge is -2.32. The minimum atomic E-state index is -4.40. The summed E-state index contributed by atoms with van der Waals surface area (Å²) in [4.78, 5) is 26.3. The Kier molecular flexibility index (Phi) is 5.59. The quantitative estimate of drug-likeness (QED) is 0.797. The van der Waals surface area contributed by atoms with Gasteiger partial charge in [0.15, 0.2) is 6.54 Å². The highest BCUT2D eigenvalue weighted by molar-refractivity contribution is 5.94. The Morgan fingerprint density at radius 1 is 1.13 bits per heavy atom. The predicted molar refractivity (Wildman–Crippen MR) is 77.0 cm³/mol. The largest absolute Gasteiger partial charge is 0.405 e. The summed E-state index contributed by atoms with van der Waals surface area (Å²) in [7, 11) is 0. The van der Waals surface area contributed by atoms with Crippen molar-refractivity contribution in [3.8, 4) is 0 Å². The number of alkyl halides is 3. The summed E-state index contributed by atoms with van der Waals surface area (Å²) in [5.74, 6) is -0.689. The van der Waals surface area contributed by atoms with Crippen LogP contribution in [0.25, 0.3) is 0 Å². The fourth-order valence-corrected chi connectivity index (χ4v) is 2.45. The third kappa shape index (κ3) is 5.55. The summed E-state index contributed by atoms with van der Waals surface area (Å²) < 4.78 is 36.1. The van der Waals surface area contributed by atoms with Crippen LogP contribution >= 0.6 is 0 Å². The van der Waals surface area contributed by atoms with Crippen LogP contribution in [0.3, 0.4) is 0 Å². The van der Waals surface area contributed by atoms with E-state index in [1.807, 2.05) is 11.4 Å². The molecule has 1 saturated heterocycles. The van der Waals surface area contributed by atoms with E-state index in [4.69, 9.17) is 0 Å². The normalized spacial score (nSPS) is 16.2. The van der Waals surface area contributed by atoms with Gasteiger partial charge in [0.25, 0.3) is 11.8 Å². The van der Waals surface area contributed by atoms with Gasteiger partial charge in [-0.3, -0.25) is 9.59 Å². The first-order valence-electron chi connectivity index (χ1n) is 7.36. The number of hydrogen-bond acceptors (Lipinski definition) is 2. The van der Waals surface area contributed by atoms with Crippen molar-refractivity contribution in [2.45, 2.75) is 6.18 Å². The van der Waals surface area contributed by atoms with Gasteiger partial charge in [-0.15, -0.1) is 0 Å². The van der Waals surface area contributed by atoms with Gasteiger partial charge in [0.1, 0.15) is 6.54 Å². The molecule has 1 aromatic rings. The Morgan fingerprint density at radius 2 is 1.74 bits per heavy atom. The van der Waals surface area contributed by atoms with Gasteiger partial charge in [-0.05, 0) is 12.1 Å². The molecule has 1 aromatic carbocycles. The fraction of sp³-hybridized carbons (Fsp3) is 0.467. The van der Waals surface area contributed by atoms with E-state index in [2.05, 4.69) is 0 Å². The molecule has 0 bridgehead atoms. The molecular formula is C15H19F3N3O2+. The topological polar surface area (TPSA) is 53.9 Å². The maximum Gasteiger partial charge on any atom is 0.405 e. The van der Waals surface area contributed by atoms with Gasteiger partial charge in [0.2, 0.25) is 0 Å². The number of hydrogen-bond donors (Lipinski definition) is 2. The van der Waals surface area contributed by atoms with Crippen LogP contribution in [0, 0.1) is 0 Å². The number of rotatable bonds is 4. The first-order chi connectivity index (χ1) is 10.8. The number of benzene rings is 1. The molecule has 0 unspecified atom stereocenters. The van der Waals surface area contributed by atoms with Crippen molar-refractivity contribution in [3.05, 3.63) is 35.9 Å². The lowest BCUT2D eigenvalue weighted by molar-refractivity contribution is -0.896. The summed E-state index contributed by atoms with van der Waals surface area (Å²) in [6.45, 7) is 0.725. The van der Waals surface area contributed by atoms with Crippen molar-refractivity contribution in [1.29, 1.82) is 0 Å². The van der Waals surface area contributed by atoms with Crippen LogP contribution < -0.4 is 10.2 Å². The second-order valence-electron chi connectivity index (χ2n) is 5.48. The van der Waals surface area contributed by atoms with Crippen LogP contribution in [0.5, 0.6) is 0 Å². The van der Waals surface area contributed by atoms with Gasteiger partial charge in [-0.1, -0.05) is 18.2 Å². The number of nitrogens with one attached hydrogen (secondary N) is 2. The molecule has 0 spiro atoms. The van der Waals surface area contributed by atoms with E-state index >= 15 is 0 Å². The maximum atomic E-state index is 12.3. The summed E-state index contributed by atoms with van der Waals surface area (Å²) in [5, 5.41) is 1.86. The minimum Gasteiger partial charge on any atom is -0.342 e. The Morgan fingerprint density at radius 3 is 2.30 bits per heavy atom. The third-order valence-electron chi connectivity index (χ3n) is 3.68. The molecule has 1 aliphatic rings. The molecule has 2 rings (SSSR count). The molecular weight excluding hydrogens is 311 g/mol. The van der Waals surface area contributed by atoms with Crippen molar-refractivity contribution in [1.82, 2.24) is 10.2 Å². The first-order valence-corrected chi connectivity index (χ1v) is 7.36. The second-order valence-corrected chi connectivity index (χ2v) is 5.48. The smallest absolute Gasteiger partial charge is 0.342 e. The highest BCUT2D eigenvalue weighted by Gasteiger charge is 2.29. The number of carbonyl (C=O) groups excluding carboxylic acids is 2. The highest BCUT2D eigenvalue weighted by atomic mass is 19.4. The van der Waals surface area contributed by atoms with Crippen LogP contribution in [0.2, 0.25) is 0 Å². The fourth-order valence-electron chi connectivity index (χ4n) is 2.45. The molecule has 126 valence electrons. The zero-order valence-electron chi connectivity index (χ0n) is 12.5. The molecule has 8 heteroatoms. The summed E-state index contributed by atoms with van der Waals surface area (Å²) >= 11 is 0. The molecule has 2 amide bonds. The van der Waals surface area contributed by atoms with E-state index in [1.54, 1.807) is 29.2 Å². The standard InChI is InChI=1S/C15H18F3N3O2/c16-15(17,18)11-19-13(22)10-20-6-8-21(9-7-20)14(23)12-4-2-1-3-5-12/h1-5H,6-11H2,(H,19,22)/p+1. The van der Waals surface area contributed by atoms with E-state index in [0.29, 0.717) is 31.7 Å². The summed E-state index contributed by atoms with van der Waals surface area (Å²) in [6.07, 6.45) is -4.40. The summed E-state index contributed by atoms with van der Waals surface area (Å²) in [6, 6.07) is 8.90. The number of amides is 2. The van der Waals surface area contributed by atoms with Crippen molar-refractivity contribution < 1.29 is 27.7 Å². The average molecular weight is 330 g/mol. The highest BCUT2D eigenvalue weighted by Crippen LogP contribution is 2.11. The zero-order chi connectivity index (χ0) is 16.9. The molecule has 0 aromatic heterocycles. The maximum absolute atomic E-state index is 12.3. The number of piperazine rings is 1. The van der Waals surface area contributed by atoms with Gasteiger partial charge in [0, 0.05) is 5.56 Å². The Balaban J connectivity index is 1.76. The molecule has 0 aliphatic carbocycles. The molecule has 5 nitrogen and oxygen atoms in total. The van der Waals surface area contributed by atoms with Gasteiger partial charge >= 0.3 is 6.18 Å². The Labute approximate surface area is 132 Å². The van der Waals surface area contributed by atoms with E-state index in [-0.39, 0.29) is 12.5 Å². The van der Waals surface area contributed by atoms with E-state index in [0.717, 1.165) is 4.90 Å². The van der Waals surface area contributed by atoms with Gasteiger partial charge in [0.05, 0.1) is 26.2 Å². The van der Waals surface area contributed by atoms with Crippen molar-refractivity contribution in [2.75, 3.05) is 39.3 Å². The van der Waals surface area contributed by atoms with Gasteiger partial charge in [-0.2, -0.15) is 13.2 Å². The van der Waals surface area contributed by atoms with E-state index in [9.17, 15) is 22.8 Å². The van der Waals surface area contributed by atoms with Crippen molar-refractivity contribution in [3.63, 3.8) is 0 Å². The minimum absolute atomic E-state index is 0.0105. The van der Waals surface area contributed by atoms with E-state index in [1.165, 1.54) is 0 Å². The number of quaternary nitrogens is 1. The molecule has 0 saturated carbocycles. The Bertz CT molecular complexity index is 541. The van der Waals surface area contributed by atoms with Crippen LogP contribution in [-0.2, 0) is 4.79 Å². The van der Waals surface area contributed by atoms with Crippen LogP contribution in [-0.4, -0.2) is 62.2 Å². The molecule has 2 N–H and O–H groups in total. The van der Waals surface area contributed by atoms with E-state index < -0.39 is 18.6 Å². The molecule has 23 heavy (non-hydrogen) atoms. The van der Waals surface area contributed by atoms with Crippen LogP contribution in [0.1, 0.15) is 10.4 Å². The lowest BCUT2D eigenvalue weighted by Crippen LogP contribution is -3.15.